The van der Waals surface area contributed by atoms with Crippen molar-refractivity contribution in [1.82, 2.24) is 9.97 Å². The lowest BCUT2D eigenvalue weighted by Crippen LogP contribution is -2.00. The first-order valence-electron chi connectivity index (χ1n) is 5.52. The van der Waals surface area contributed by atoms with E-state index in [4.69, 9.17) is 16.3 Å². The van der Waals surface area contributed by atoms with Gasteiger partial charge < -0.3 is 10.1 Å². The zero-order valence-corrected chi connectivity index (χ0v) is 11.0. The molecule has 0 bridgehead atoms. The molecular weight excluding hydrogens is 250 g/mol. The maximum atomic E-state index is 5.81. The van der Waals surface area contributed by atoms with Crippen molar-refractivity contribution in [3.63, 3.8) is 0 Å². The Morgan fingerprint density at radius 3 is 2.89 bits per heavy atom. The molecule has 18 heavy (non-hydrogen) atoms. The standard InChI is InChI=1S/C13H14ClN3O/c1-9-12(15-8-16-13(9)18-2)17-11-5-3-4-10(6-11)7-14/h3-6,8H,7H2,1-2H3,(H,15,16,17). The van der Waals surface area contributed by atoms with Crippen molar-refractivity contribution in [2.24, 2.45) is 0 Å². The molecule has 0 spiro atoms. The summed E-state index contributed by atoms with van der Waals surface area (Å²) < 4.78 is 5.16. The maximum Gasteiger partial charge on any atom is 0.221 e. The van der Waals surface area contributed by atoms with E-state index < -0.39 is 0 Å². The molecule has 0 saturated heterocycles. The second kappa shape index (κ2) is 5.69. The number of methoxy groups -OCH3 is 1. The lowest BCUT2D eigenvalue weighted by molar-refractivity contribution is 0.394. The average Bonchev–Trinajstić information content (AvgIpc) is 2.41. The van der Waals surface area contributed by atoms with E-state index in [0.29, 0.717) is 11.8 Å². The molecule has 0 aliphatic rings. The van der Waals surface area contributed by atoms with E-state index >= 15 is 0 Å². The van der Waals surface area contributed by atoms with Crippen LogP contribution in [-0.2, 0) is 5.88 Å². The zero-order chi connectivity index (χ0) is 13.0. The summed E-state index contributed by atoms with van der Waals surface area (Å²) >= 11 is 5.81. The van der Waals surface area contributed by atoms with E-state index in [-0.39, 0.29) is 0 Å². The van der Waals surface area contributed by atoms with Gasteiger partial charge in [-0.05, 0) is 24.6 Å². The normalized spacial score (nSPS) is 10.2. The molecule has 4 nitrogen and oxygen atoms in total. The minimum atomic E-state index is 0.488. The summed E-state index contributed by atoms with van der Waals surface area (Å²) in [6, 6.07) is 7.88. The quantitative estimate of drug-likeness (QED) is 0.860. The SMILES string of the molecule is COc1ncnc(Nc2cccc(CCl)c2)c1C. The lowest BCUT2D eigenvalue weighted by atomic mass is 10.2. The van der Waals surface area contributed by atoms with Gasteiger partial charge in [0.05, 0.1) is 12.7 Å². The van der Waals surface area contributed by atoms with Gasteiger partial charge in [0.2, 0.25) is 5.88 Å². The molecule has 2 aromatic rings. The van der Waals surface area contributed by atoms with E-state index in [9.17, 15) is 0 Å². The van der Waals surface area contributed by atoms with Crippen LogP contribution in [0.25, 0.3) is 0 Å². The van der Waals surface area contributed by atoms with E-state index in [2.05, 4.69) is 15.3 Å². The fourth-order valence-corrected chi connectivity index (χ4v) is 1.80. The Hall–Kier alpha value is -1.81. The summed E-state index contributed by atoms with van der Waals surface area (Å²) in [5.74, 6) is 1.79. The van der Waals surface area contributed by atoms with Gasteiger partial charge in [0.25, 0.3) is 0 Å². The van der Waals surface area contributed by atoms with E-state index in [1.807, 2.05) is 31.2 Å². The molecule has 0 fully saturated rings. The number of hydrogen-bond acceptors (Lipinski definition) is 4. The topological polar surface area (TPSA) is 47.0 Å². The van der Waals surface area contributed by atoms with Crippen LogP contribution >= 0.6 is 11.6 Å². The summed E-state index contributed by atoms with van der Waals surface area (Å²) in [4.78, 5) is 8.24. The Kier molecular flexibility index (Phi) is 3.99. The molecule has 0 unspecified atom stereocenters. The number of nitrogens with zero attached hydrogens (tertiary/aromatic N) is 2. The number of halogens is 1. The van der Waals surface area contributed by atoms with Gasteiger partial charge in [-0.3, -0.25) is 0 Å². The smallest absolute Gasteiger partial charge is 0.221 e. The number of alkyl halides is 1. The van der Waals surface area contributed by atoms with Crippen LogP contribution in [0.15, 0.2) is 30.6 Å². The van der Waals surface area contributed by atoms with Crippen LogP contribution in [0.1, 0.15) is 11.1 Å². The van der Waals surface area contributed by atoms with Crippen molar-refractivity contribution in [2.75, 3.05) is 12.4 Å². The number of anilines is 2. The predicted molar refractivity (Wildman–Crippen MR) is 72.6 cm³/mol. The van der Waals surface area contributed by atoms with Crippen LogP contribution in [-0.4, -0.2) is 17.1 Å². The molecule has 1 N–H and O–H groups in total. The highest BCUT2D eigenvalue weighted by Crippen LogP contribution is 2.24. The average molecular weight is 264 g/mol. The van der Waals surface area contributed by atoms with E-state index in [1.165, 1.54) is 6.33 Å². The Morgan fingerprint density at radius 2 is 2.17 bits per heavy atom. The number of aromatic nitrogens is 2. The summed E-state index contributed by atoms with van der Waals surface area (Å²) in [5.41, 5.74) is 2.87. The Labute approximate surface area is 111 Å². The number of ether oxygens (including phenoxy) is 1. The van der Waals surface area contributed by atoms with Gasteiger partial charge in [-0.25, -0.2) is 9.97 Å². The minimum Gasteiger partial charge on any atom is -0.481 e. The number of benzene rings is 1. The molecule has 94 valence electrons. The Bertz CT molecular complexity index is 546. The van der Waals surface area contributed by atoms with Crippen LogP contribution in [0.2, 0.25) is 0 Å². The van der Waals surface area contributed by atoms with Crippen molar-refractivity contribution in [3.05, 3.63) is 41.7 Å². The monoisotopic (exact) mass is 263 g/mol. The second-order valence-electron chi connectivity index (χ2n) is 3.82. The van der Waals surface area contributed by atoms with Crippen LogP contribution in [0.3, 0.4) is 0 Å². The molecule has 0 saturated carbocycles. The highest BCUT2D eigenvalue weighted by atomic mass is 35.5. The molecular formula is C13H14ClN3O. The first-order valence-corrected chi connectivity index (χ1v) is 6.05. The van der Waals surface area contributed by atoms with Gasteiger partial charge in [-0.2, -0.15) is 0 Å². The Morgan fingerprint density at radius 1 is 1.33 bits per heavy atom. The van der Waals surface area contributed by atoms with Gasteiger partial charge >= 0.3 is 0 Å². The van der Waals surface area contributed by atoms with Gasteiger partial charge in [0, 0.05) is 11.6 Å². The summed E-state index contributed by atoms with van der Waals surface area (Å²) in [5, 5.41) is 3.23. The lowest BCUT2D eigenvalue weighted by Gasteiger charge is -2.10. The van der Waals surface area contributed by atoms with Crippen LogP contribution in [0.5, 0.6) is 5.88 Å². The van der Waals surface area contributed by atoms with E-state index in [0.717, 1.165) is 22.6 Å². The minimum absolute atomic E-state index is 0.488. The first kappa shape index (κ1) is 12.6. The molecule has 1 aromatic carbocycles. The Balaban J connectivity index is 2.28. The van der Waals surface area contributed by atoms with E-state index in [1.54, 1.807) is 7.11 Å². The van der Waals surface area contributed by atoms with Crippen LogP contribution in [0, 0.1) is 6.92 Å². The summed E-state index contributed by atoms with van der Waals surface area (Å²) in [6.07, 6.45) is 1.47. The van der Waals surface area contributed by atoms with Crippen molar-refractivity contribution in [2.45, 2.75) is 12.8 Å². The highest BCUT2D eigenvalue weighted by molar-refractivity contribution is 6.17. The zero-order valence-electron chi connectivity index (χ0n) is 10.3. The summed E-state index contributed by atoms with van der Waals surface area (Å²) in [6.45, 7) is 1.91. The fraction of sp³-hybridized carbons (Fsp3) is 0.231. The fourth-order valence-electron chi connectivity index (χ4n) is 1.63. The van der Waals surface area contributed by atoms with Crippen molar-refractivity contribution in [1.29, 1.82) is 0 Å². The maximum absolute atomic E-state index is 5.81. The molecule has 2 rings (SSSR count). The third-order valence-electron chi connectivity index (χ3n) is 2.58. The number of rotatable bonds is 4. The number of hydrogen-bond donors (Lipinski definition) is 1. The van der Waals surface area contributed by atoms with Gasteiger partial charge in [0.1, 0.15) is 12.1 Å². The van der Waals surface area contributed by atoms with Crippen LogP contribution in [0.4, 0.5) is 11.5 Å². The van der Waals surface area contributed by atoms with Gasteiger partial charge in [-0.15, -0.1) is 11.6 Å². The van der Waals surface area contributed by atoms with Crippen molar-refractivity contribution >= 4 is 23.1 Å². The molecule has 0 amide bonds. The number of nitrogens with one attached hydrogen (secondary N) is 1. The highest BCUT2D eigenvalue weighted by Gasteiger charge is 2.07. The molecule has 1 aromatic heterocycles. The first-order chi connectivity index (χ1) is 8.74. The molecule has 0 aliphatic carbocycles. The van der Waals surface area contributed by atoms with Crippen molar-refractivity contribution < 1.29 is 4.74 Å². The largest absolute Gasteiger partial charge is 0.481 e. The van der Waals surface area contributed by atoms with Gasteiger partial charge in [-0.1, -0.05) is 12.1 Å². The predicted octanol–water partition coefficient (Wildman–Crippen LogP) is 3.28. The molecule has 0 radical (unpaired) electrons. The van der Waals surface area contributed by atoms with Crippen molar-refractivity contribution in [3.8, 4) is 5.88 Å². The molecule has 5 heteroatoms. The third-order valence-corrected chi connectivity index (χ3v) is 2.88. The molecule has 0 aliphatic heterocycles. The molecule has 0 atom stereocenters. The summed E-state index contributed by atoms with van der Waals surface area (Å²) in [7, 11) is 1.59. The van der Waals surface area contributed by atoms with Crippen LogP contribution < -0.4 is 10.1 Å². The molecule has 1 heterocycles. The third kappa shape index (κ3) is 2.71. The van der Waals surface area contributed by atoms with Gasteiger partial charge in [0.15, 0.2) is 0 Å². The second-order valence-corrected chi connectivity index (χ2v) is 4.08.